The zero-order valence-corrected chi connectivity index (χ0v) is 11.8. The molecule has 5 heteroatoms. The molecule has 1 aliphatic heterocycles. The van der Waals surface area contributed by atoms with Crippen LogP contribution in [0.25, 0.3) is 0 Å². The van der Waals surface area contributed by atoms with Crippen molar-refractivity contribution in [2.45, 2.75) is 19.3 Å². The average molecular weight is 294 g/mol. The van der Waals surface area contributed by atoms with E-state index in [9.17, 15) is 0 Å². The molecule has 0 N–H and O–H groups in total. The molecule has 0 fully saturated rings. The first-order valence-electron chi connectivity index (χ1n) is 6.30. The molecular weight excluding hydrogens is 281 g/mol. The molecule has 19 heavy (non-hydrogen) atoms. The van der Waals surface area contributed by atoms with Gasteiger partial charge in [0.2, 0.25) is 0 Å². The highest BCUT2D eigenvalue weighted by Gasteiger charge is 2.19. The van der Waals surface area contributed by atoms with E-state index in [1.165, 1.54) is 17.7 Å². The fourth-order valence-corrected chi connectivity index (χ4v) is 2.81. The summed E-state index contributed by atoms with van der Waals surface area (Å²) in [5.74, 6) is 0. The highest BCUT2D eigenvalue weighted by molar-refractivity contribution is 6.33. The molecule has 2 aromatic rings. The quantitative estimate of drug-likeness (QED) is 0.787. The van der Waals surface area contributed by atoms with E-state index in [2.05, 4.69) is 33.3 Å². The van der Waals surface area contributed by atoms with Gasteiger partial charge in [-0.05, 0) is 30.9 Å². The maximum Gasteiger partial charge on any atom is 0.175 e. The van der Waals surface area contributed by atoms with Crippen molar-refractivity contribution in [1.29, 1.82) is 0 Å². The maximum absolute atomic E-state index is 6.18. The summed E-state index contributed by atoms with van der Waals surface area (Å²) < 4.78 is 0. The minimum absolute atomic E-state index is 0.362. The molecular formula is C14H13Cl2N3. The Morgan fingerprint density at radius 3 is 2.74 bits per heavy atom. The lowest BCUT2D eigenvalue weighted by atomic mass is 10.1. The summed E-state index contributed by atoms with van der Waals surface area (Å²) in [7, 11) is 0. The molecule has 0 spiro atoms. The van der Waals surface area contributed by atoms with Crippen LogP contribution < -0.4 is 4.90 Å². The van der Waals surface area contributed by atoms with E-state index in [1.54, 1.807) is 6.07 Å². The van der Waals surface area contributed by atoms with Crippen molar-refractivity contribution in [3.8, 4) is 0 Å². The van der Waals surface area contributed by atoms with Crippen molar-refractivity contribution in [2.24, 2.45) is 0 Å². The maximum atomic E-state index is 6.18. The SMILES string of the molecule is Clc1cc(N2CCCCc3ccccc32)c(Cl)nn1. The molecule has 0 atom stereocenters. The van der Waals surface area contributed by atoms with Crippen LogP contribution in [0.3, 0.4) is 0 Å². The van der Waals surface area contributed by atoms with Crippen LogP contribution in [0.15, 0.2) is 30.3 Å². The summed E-state index contributed by atoms with van der Waals surface area (Å²) in [5.41, 5.74) is 3.35. The number of aryl methyl sites for hydroxylation is 1. The summed E-state index contributed by atoms with van der Waals surface area (Å²) in [5, 5.41) is 8.42. The number of nitrogens with zero attached hydrogens (tertiary/aromatic N) is 3. The van der Waals surface area contributed by atoms with Gasteiger partial charge in [0.1, 0.15) is 0 Å². The summed E-state index contributed by atoms with van der Waals surface area (Å²) in [4.78, 5) is 2.19. The van der Waals surface area contributed by atoms with E-state index in [4.69, 9.17) is 23.2 Å². The number of hydrogen-bond acceptors (Lipinski definition) is 3. The van der Waals surface area contributed by atoms with Gasteiger partial charge in [-0.3, -0.25) is 0 Å². The van der Waals surface area contributed by atoms with Crippen LogP contribution in [0.1, 0.15) is 18.4 Å². The zero-order chi connectivity index (χ0) is 13.2. The predicted molar refractivity (Wildman–Crippen MR) is 78.4 cm³/mol. The number of benzene rings is 1. The van der Waals surface area contributed by atoms with Crippen LogP contribution in [0.2, 0.25) is 10.3 Å². The minimum atomic E-state index is 0.362. The Morgan fingerprint density at radius 2 is 1.84 bits per heavy atom. The largest absolute Gasteiger partial charge is 0.339 e. The lowest BCUT2D eigenvalue weighted by molar-refractivity contribution is 0.760. The fraction of sp³-hybridized carbons (Fsp3) is 0.286. The Hall–Kier alpha value is -1.32. The topological polar surface area (TPSA) is 29.0 Å². The molecule has 0 amide bonds. The van der Waals surface area contributed by atoms with E-state index in [0.717, 1.165) is 25.1 Å². The second-order valence-electron chi connectivity index (χ2n) is 4.58. The summed E-state index contributed by atoms with van der Waals surface area (Å²) in [6.45, 7) is 0.915. The molecule has 0 radical (unpaired) electrons. The molecule has 0 aliphatic carbocycles. The van der Waals surface area contributed by atoms with Crippen molar-refractivity contribution in [2.75, 3.05) is 11.4 Å². The van der Waals surface area contributed by atoms with Crippen molar-refractivity contribution < 1.29 is 0 Å². The molecule has 2 heterocycles. The van der Waals surface area contributed by atoms with Crippen LogP contribution in [-0.2, 0) is 6.42 Å². The zero-order valence-electron chi connectivity index (χ0n) is 10.3. The van der Waals surface area contributed by atoms with Crippen molar-refractivity contribution >= 4 is 34.6 Å². The van der Waals surface area contributed by atoms with Gasteiger partial charge >= 0.3 is 0 Å². The Kier molecular flexibility index (Phi) is 3.58. The summed E-state index contributed by atoms with van der Waals surface area (Å²) in [6.07, 6.45) is 3.39. The highest BCUT2D eigenvalue weighted by Crippen LogP contribution is 2.36. The number of halogens is 2. The van der Waals surface area contributed by atoms with E-state index in [-0.39, 0.29) is 0 Å². The molecule has 0 saturated heterocycles. The molecule has 1 aromatic carbocycles. The molecule has 3 rings (SSSR count). The monoisotopic (exact) mass is 293 g/mol. The van der Waals surface area contributed by atoms with E-state index >= 15 is 0 Å². The van der Waals surface area contributed by atoms with Gasteiger partial charge in [0.25, 0.3) is 0 Å². The number of anilines is 2. The second kappa shape index (κ2) is 5.35. The van der Waals surface area contributed by atoms with E-state index < -0.39 is 0 Å². The van der Waals surface area contributed by atoms with Gasteiger partial charge in [-0.2, -0.15) is 0 Å². The lowest BCUT2D eigenvalue weighted by Gasteiger charge is -2.25. The second-order valence-corrected chi connectivity index (χ2v) is 5.33. The minimum Gasteiger partial charge on any atom is -0.339 e. The third kappa shape index (κ3) is 2.53. The molecule has 1 aliphatic rings. The van der Waals surface area contributed by atoms with Crippen molar-refractivity contribution in [1.82, 2.24) is 10.2 Å². The number of fused-ring (bicyclic) bond motifs is 1. The number of hydrogen-bond donors (Lipinski definition) is 0. The number of aromatic nitrogens is 2. The summed E-state index contributed by atoms with van der Waals surface area (Å²) in [6, 6.07) is 10.2. The van der Waals surface area contributed by atoms with Crippen molar-refractivity contribution in [3.05, 3.63) is 46.2 Å². The van der Waals surface area contributed by atoms with Crippen LogP contribution in [0.4, 0.5) is 11.4 Å². The molecule has 0 saturated carbocycles. The van der Waals surface area contributed by atoms with Gasteiger partial charge in [0.15, 0.2) is 10.3 Å². The van der Waals surface area contributed by atoms with Crippen LogP contribution in [0, 0.1) is 0 Å². The first kappa shape index (κ1) is 12.7. The van der Waals surface area contributed by atoms with Gasteiger partial charge in [-0.25, -0.2) is 0 Å². The van der Waals surface area contributed by atoms with Crippen molar-refractivity contribution in [3.63, 3.8) is 0 Å². The molecule has 0 bridgehead atoms. The standard InChI is InChI=1S/C14H13Cl2N3/c15-13-9-12(14(16)18-17-13)19-8-4-3-6-10-5-1-2-7-11(10)19/h1-2,5,7,9H,3-4,6,8H2. The van der Waals surface area contributed by atoms with Gasteiger partial charge in [0, 0.05) is 18.3 Å². The third-order valence-electron chi connectivity index (χ3n) is 3.35. The van der Waals surface area contributed by atoms with Crippen LogP contribution in [-0.4, -0.2) is 16.7 Å². The molecule has 3 nitrogen and oxygen atoms in total. The van der Waals surface area contributed by atoms with Gasteiger partial charge < -0.3 is 4.90 Å². The van der Waals surface area contributed by atoms with Gasteiger partial charge in [-0.15, -0.1) is 10.2 Å². The Morgan fingerprint density at radius 1 is 1.00 bits per heavy atom. The average Bonchev–Trinajstić information content (AvgIpc) is 2.64. The fourth-order valence-electron chi connectivity index (χ4n) is 2.48. The first-order chi connectivity index (χ1) is 9.25. The Bertz CT molecular complexity index is 601. The van der Waals surface area contributed by atoms with Crippen LogP contribution >= 0.6 is 23.2 Å². The molecule has 1 aromatic heterocycles. The Labute approximate surface area is 122 Å². The van der Waals surface area contributed by atoms with E-state index in [0.29, 0.717) is 10.3 Å². The molecule has 0 unspecified atom stereocenters. The highest BCUT2D eigenvalue weighted by atomic mass is 35.5. The molecule has 98 valence electrons. The van der Waals surface area contributed by atoms with Gasteiger partial charge in [0.05, 0.1) is 5.69 Å². The normalized spacial score (nSPS) is 14.9. The van der Waals surface area contributed by atoms with E-state index in [1.807, 2.05) is 6.07 Å². The summed E-state index contributed by atoms with van der Waals surface area (Å²) >= 11 is 12.1. The number of para-hydroxylation sites is 1. The first-order valence-corrected chi connectivity index (χ1v) is 7.05. The predicted octanol–water partition coefficient (Wildman–Crippen LogP) is 4.26. The lowest BCUT2D eigenvalue weighted by Crippen LogP contribution is -2.18. The Balaban J connectivity index is 2.11. The van der Waals surface area contributed by atoms with Crippen LogP contribution in [0.5, 0.6) is 0 Å². The van der Waals surface area contributed by atoms with Gasteiger partial charge in [-0.1, -0.05) is 41.4 Å². The smallest absolute Gasteiger partial charge is 0.175 e. The number of rotatable bonds is 1. The third-order valence-corrected chi connectivity index (χ3v) is 3.81.